The van der Waals surface area contributed by atoms with E-state index >= 15 is 0 Å². The molecule has 100 valence electrons. The van der Waals surface area contributed by atoms with Crippen molar-refractivity contribution in [2.24, 2.45) is 0 Å². The van der Waals surface area contributed by atoms with E-state index in [2.05, 4.69) is 17.8 Å². The number of nitrogens with zero attached hydrogens (tertiary/aromatic N) is 2. The second-order valence-corrected chi connectivity index (χ2v) is 4.70. The number of aromatic nitrogens is 2. The van der Waals surface area contributed by atoms with E-state index < -0.39 is 0 Å². The normalized spacial score (nSPS) is 18.8. The number of ketones is 1. The van der Waals surface area contributed by atoms with Gasteiger partial charge in [0.15, 0.2) is 5.78 Å². The smallest absolute Gasteiger partial charge is 0.182 e. The van der Waals surface area contributed by atoms with E-state index in [1.165, 1.54) is 5.57 Å². The molecule has 3 heteroatoms. The van der Waals surface area contributed by atoms with Crippen molar-refractivity contribution in [3.8, 4) is 0 Å². The zero-order valence-electron chi connectivity index (χ0n) is 11.6. The van der Waals surface area contributed by atoms with Gasteiger partial charge in [-0.1, -0.05) is 37.8 Å². The van der Waals surface area contributed by atoms with E-state index in [9.17, 15) is 4.79 Å². The summed E-state index contributed by atoms with van der Waals surface area (Å²) >= 11 is 0. The van der Waals surface area contributed by atoms with Crippen LogP contribution in [0, 0.1) is 0 Å². The lowest BCUT2D eigenvalue weighted by atomic mass is 9.93. The molecule has 1 aliphatic heterocycles. The Balaban J connectivity index is 2.35. The Morgan fingerprint density at radius 1 is 1.63 bits per heavy atom. The Bertz CT molecular complexity index is 549. The molecular formula is C16H20N2O. The third-order valence-corrected chi connectivity index (χ3v) is 3.48. The van der Waals surface area contributed by atoms with Crippen LogP contribution >= 0.6 is 0 Å². The quantitative estimate of drug-likeness (QED) is 0.595. The highest BCUT2D eigenvalue weighted by molar-refractivity contribution is 5.94. The second-order valence-electron chi connectivity index (χ2n) is 4.70. The molecule has 1 aliphatic rings. The minimum Gasteiger partial charge on any atom is -0.292 e. The molecule has 0 spiro atoms. The van der Waals surface area contributed by atoms with Crippen molar-refractivity contribution < 1.29 is 4.79 Å². The molecule has 0 bridgehead atoms. The summed E-state index contributed by atoms with van der Waals surface area (Å²) < 4.78 is 1.97. The molecule has 0 fully saturated rings. The lowest BCUT2D eigenvalue weighted by Gasteiger charge is -2.09. The first-order valence-corrected chi connectivity index (χ1v) is 6.77. The van der Waals surface area contributed by atoms with E-state index in [-0.39, 0.29) is 5.78 Å². The average molecular weight is 256 g/mol. The molecule has 1 aromatic heterocycles. The van der Waals surface area contributed by atoms with E-state index in [1.807, 2.05) is 42.8 Å². The number of rotatable bonds is 5. The van der Waals surface area contributed by atoms with E-state index in [4.69, 9.17) is 0 Å². The Morgan fingerprint density at radius 2 is 2.42 bits per heavy atom. The maximum Gasteiger partial charge on any atom is 0.182 e. The van der Waals surface area contributed by atoms with Crippen molar-refractivity contribution >= 4 is 5.78 Å². The predicted molar refractivity (Wildman–Crippen MR) is 77.3 cm³/mol. The Kier molecular flexibility index (Phi) is 4.15. The highest BCUT2D eigenvalue weighted by Gasteiger charge is 2.27. The molecule has 2 rings (SSSR count). The number of hydrogen-bond donors (Lipinski definition) is 0. The zero-order chi connectivity index (χ0) is 13.8. The van der Waals surface area contributed by atoms with Gasteiger partial charge in [-0.15, -0.1) is 0 Å². The third kappa shape index (κ3) is 2.60. The van der Waals surface area contributed by atoms with Crippen molar-refractivity contribution in [2.45, 2.75) is 39.2 Å². The van der Waals surface area contributed by atoms with Crippen LogP contribution in [-0.4, -0.2) is 15.6 Å². The first-order chi connectivity index (χ1) is 9.21. The molecule has 0 aromatic carbocycles. The predicted octanol–water partition coefficient (Wildman–Crippen LogP) is 3.65. The van der Waals surface area contributed by atoms with Crippen LogP contribution in [0.4, 0.5) is 0 Å². The fourth-order valence-corrected chi connectivity index (χ4v) is 2.56. The number of aryl methyl sites for hydroxylation is 1. The van der Waals surface area contributed by atoms with Crippen molar-refractivity contribution in [3.05, 3.63) is 53.9 Å². The van der Waals surface area contributed by atoms with Crippen LogP contribution in [0.1, 0.15) is 48.8 Å². The number of hydrogen-bond acceptors (Lipinski definition) is 2. The van der Waals surface area contributed by atoms with Crippen LogP contribution in [0.25, 0.3) is 0 Å². The van der Waals surface area contributed by atoms with Gasteiger partial charge in [0.2, 0.25) is 0 Å². The van der Waals surface area contributed by atoms with Gasteiger partial charge < -0.3 is 0 Å². The van der Waals surface area contributed by atoms with Gasteiger partial charge in [0.25, 0.3) is 0 Å². The summed E-state index contributed by atoms with van der Waals surface area (Å²) in [6.07, 6.45) is 9.53. The molecule has 0 radical (unpaired) electrons. The molecule has 2 heterocycles. The third-order valence-electron chi connectivity index (χ3n) is 3.48. The van der Waals surface area contributed by atoms with Gasteiger partial charge in [-0.3, -0.25) is 9.48 Å². The van der Waals surface area contributed by atoms with Gasteiger partial charge in [0, 0.05) is 24.6 Å². The van der Waals surface area contributed by atoms with Gasteiger partial charge >= 0.3 is 0 Å². The van der Waals surface area contributed by atoms with E-state index in [0.29, 0.717) is 18.0 Å². The highest BCUT2D eigenvalue weighted by atomic mass is 16.1. The zero-order valence-corrected chi connectivity index (χ0v) is 11.6. The first-order valence-electron chi connectivity index (χ1n) is 6.77. The summed E-state index contributed by atoms with van der Waals surface area (Å²) in [5.74, 6) is 0.432. The monoisotopic (exact) mass is 256 g/mol. The van der Waals surface area contributed by atoms with E-state index in [1.54, 1.807) is 0 Å². The van der Waals surface area contributed by atoms with Crippen molar-refractivity contribution in [1.82, 2.24) is 9.78 Å². The molecule has 0 saturated carbocycles. The van der Waals surface area contributed by atoms with Gasteiger partial charge in [-0.25, -0.2) is 0 Å². The van der Waals surface area contributed by atoms with Crippen LogP contribution in [-0.2, 0) is 6.54 Å². The Hall–Kier alpha value is -1.90. The lowest BCUT2D eigenvalue weighted by molar-refractivity contribution is 0.0982. The SMILES string of the molecule is C=C/C=C(\C=C/C)C1CCn2nc(C(=O)CC)cc21. The summed E-state index contributed by atoms with van der Waals surface area (Å²) in [6, 6.07) is 1.95. The molecule has 1 unspecified atom stereocenters. The van der Waals surface area contributed by atoms with Crippen LogP contribution < -0.4 is 0 Å². The van der Waals surface area contributed by atoms with Crippen molar-refractivity contribution in [3.63, 3.8) is 0 Å². The van der Waals surface area contributed by atoms with Gasteiger partial charge in [-0.2, -0.15) is 5.10 Å². The minimum atomic E-state index is 0.112. The molecule has 0 aliphatic carbocycles. The molecule has 1 atom stereocenters. The number of allylic oxidation sites excluding steroid dienone is 5. The second kappa shape index (κ2) is 5.83. The maximum absolute atomic E-state index is 11.7. The average Bonchev–Trinajstić information content (AvgIpc) is 2.97. The Morgan fingerprint density at radius 3 is 3.05 bits per heavy atom. The van der Waals surface area contributed by atoms with Crippen LogP contribution in [0.15, 0.2) is 42.5 Å². The lowest BCUT2D eigenvalue weighted by Crippen LogP contribution is -2.01. The Labute approximate surface area is 114 Å². The summed E-state index contributed by atoms with van der Waals surface area (Å²) in [7, 11) is 0. The van der Waals surface area contributed by atoms with Gasteiger partial charge in [0.05, 0.1) is 0 Å². The number of Topliss-reactive ketones (excluding diaryl/α,β-unsaturated/α-hetero) is 1. The van der Waals surface area contributed by atoms with Gasteiger partial charge in [-0.05, 0) is 25.0 Å². The summed E-state index contributed by atoms with van der Waals surface area (Å²) in [5, 5.41) is 4.40. The van der Waals surface area contributed by atoms with E-state index in [0.717, 1.165) is 18.7 Å². The number of carbonyl (C=O) groups is 1. The van der Waals surface area contributed by atoms with Crippen LogP contribution in [0.3, 0.4) is 0 Å². The summed E-state index contributed by atoms with van der Waals surface area (Å²) in [5.41, 5.74) is 2.97. The summed E-state index contributed by atoms with van der Waals surface area (Å²) in [6.45, 7) is 8.53. The standard InChI is InChI=1S/C16H20N2O/c1-4-7-12(8-5-2)13-9-10-18-15(13)11-14(17-18)16(19)6-3/h4-5,7-8,11,13H,1,6,9-10H2,2-3H3/b8-5-,12-7+. The topological polar surface area (TPSA) is 34.9 Å². The fraction of sp³-hybridized carbons (Fsp3) is 0.375. The van der Waals surface area contributed by atoms with Gasteiger partial charge in [0.1, 0.15) is 5.69 Å². The molecule has 0 saturated heterocycles. The van der Waals surface area contributed by atoms with Crippen molar-refractivity contribution in [1.29, 1.82) is 0 Å². The molecular weight excluding hydrogens is 236 g/mol. The first kappa shape index (κ1) is 13.5. The number of fused-ring (bicyclic) bond motifs is 1. The van der Waals surface area contributed by atoms with Crippen LogP contribution in [0.5, 0.6) is 0 Å². The minimum absolute atomic E-state index is 0.112. The molecule has 0 N–H and O–H groups in total. The van der Waals surface area contributed by atoms with Crippen LogP contribution in [0.2, 0.25) is 0 Å². The summed E-state index contributed by atoms with van der Waals surface area (Å²) in [4.78, 5) is 11.7. The maximum atomic E-state index is 11.7. The number of carbonyl (C=O) groups excluding carboxylic acids is 1. The highest BCUT2D eigenvalue weighted by Crippen LogP contribution is 2.35. The largest absolute Gasteiger partial charge is 0.292 e. The molecule has 1 aromatic rings. The molecule has 3 nitrogen and oxygen atoms in total. The molecule has 19 heavy (non-hydrogen) atoms. The fourth-order valence-electron chi connectivity index (χ4n) is 2.56. The molecule has 0 amide bonds. The van der Waals surface area contributed by atoms with Crippen molar-refractivity contribution in [2.75, 3.05) is 0 Å².